The third-order valence-corrected chi connectivity index (χ3v) is 6.12. The molecule has 0 aliphatic carbocycles. The van der Waals surface area contributed by atoms with Crippen LogP contribution in [0.4, 0.5) is 10.5 Å². The second-order valence-electron chi connectivity index (χ2n) is 7.73. The third kappa shape index (κ3) is 3.42. The van der Waals surface area contributed by atoms with Gasteiger partial charge in [0.15, 0.2) is 0 Å². The monoisotopic (exact) mass is 447 g/mol. The van der Waals surface area contributed by atoms with Gasteiger partial charge in [0.05, 0.1) is 5.69 Å². The Labute approximate surface area is 191 Å². The van der Waals surface area contributed by atoms with Gasteiger partial charge >= 0.3 is 6.03 Å². The van der Waals surface area contributed by atoms with E-state index >= 15 is 0 Å². The first-order chi connectivity index (χ1) is 15.2. The predicted octanol–water partition coefficient (Wildman–Crippen LogP) is 5.06. The number of likely N-dealkylation sites (N-methyl/N-ethyl adjacent to an activating group) is 1. The van der Waals surface area contributed by atoms with E-state index in [9.17, 15) is 14.4 Å². The van der Waals surface area contributed by atoms with Crippen molar-refractivity contribution in [3.8, 4) is 5.69 Å². The fourth-order valence-corrected chi connectivity index (χ4v) is 4.11. The van der Waals surface area contributed by atoms with E-state index in [1.807, 2.05) is 49.6 Å². The Morgan fingerprint density at radius 2 is 1.56 bits per heavy atom. The first-order valence-electron chi connectivity index (χ1n) is 10.1. The molecule has 0 atom stereocenters. The molecule has 1 aliphatic heterocycles. The number of nitrogens with zero attached hydrogens (tertiary/aromatic N) is 3. The van der Waals surface area contributed by atoms with Gasteiger partial charge in [0, 0.05) is 29.1 Å². The number of amides is 4. The lowest BCUT2D eigenvalue weighted by Crippen LogP contribution is -2.55. The molecule has 0 radical (unpaired) electrons. The number of hydrogen-bond donors (Lipinski definition) is 0. The third-order valence-electron chi connectivity index (χ3n) is 5.71. The zero-order chi connectivity index (χ0) is 23.2. The van der Waals surface area contributed by atoms with E-state index in [4.69, 9.17) is 11.6 Å². The van der Waals surface area contributed by atoms with Crippen LogP contribution in [0.15, 0.2) is 60.2 Å². The molecule has 4 amide bonds. The smallest absolute Gasteiger partial charge is 0.318 e. The zero-order valence-electron chi connectivity index (χ0n) is 18.2. The molecule has 0 N–H and O–H groups in total. The minimum Gasteiger partial charge on any atom is -0.318 e. The Hall–Kier alpha value is -3.64. The molecular formula is C25H22ClN3O3. The number of urea groups is 1. The minimum atomic E-state index is -0.677. The largest absolute Gasteiger partial charge is 0.338 e. The summed E-state index contributed by atoms with van der Waals surface area (Å²) in [7, 11) is 1.37. The van der Waals surface area contributed by atoms with Gasteiger partial charge in [-0.25, -0.2) is 9.69 Å². The summed E-state index contributed by atoms with van der Waals surface area (Å²) in [6.07, 6.45) is 1.56. The lowest BCUT2D eigenvalue weighted by molar-refractivity contribution is -0.128. The number of anilines is 1. The molecule has 32 heavy (non-hydrogen) atoms. The van der Waals surface area contributed by atoms with Crippen molar-refractivity contribution in [2.45, 2.75) is 20.8 Å². The number of benzene rings is 2. The maximum absolute atomic E-state index is 13.2. The topological polar surface area (TPSA) is 62.6 Å². The highest BCUT2D eigenvalue weighted by molar-refractivity contribution is 6.39. The second kappa shape index (κ2) is 8.13. The van der Waals surface area contributed by atoms with Gasteiger partial charge in [0.1, 0.15) is 5.57 Å². The molecule has 2 aromatic carbocycles. The Bertz CT molecular complexity index is 1290. The molecule has 1 aromatic heterocycles. The molecular weight excluding hydrogens is 426 g/mol. The Kier molecular flexibility index (Phi) is 5.48. The van der Waals surface area contributed by atoms with Crippen molar-refractivity contribution in [2.75, 3.05) is 11.9 Å². The van der Waals surface area contributed by atoms with Crippen LogP contribution >= 0.6 is 11.6 Å². The van der Waals surface area contributed by atoms with Crippen LogP contribution in [0.5, 0.6) is 0 Å². The van der Waals surface area contributed by atoms with Crippen molar-refractivity contribution < 1.29 is 14.4 Å². The van der Waals surface area contributed by atoms with E-state index in [0.29, 0.717) is 16.3 Å². The quantitative estimate of drug-likeness (QED) is 0.416. The number of halogens is 1. The summed E-state index contributed by atoms with van der Waals surface area (Å²) in [6.45, 7) is 5.81. The summed E-state index contributed by atoms with van der Waals surface area (Å²) >= 11 is 6.32. The number of barbiturate groups is 1. The van der Waals surface area contributed by atoms with Crippen LogP contribution in [0.1, 0.15) is 22.5 Å². The Balaban J connectivity index is 1.83. The molecule has 0 bridgehead atoms. The standard InChI is InChI=1S/C25H22ClN3O3/c1-15-13-18(17(3)28(15)22-12-8-11-21(26)16(22)2)14-20-23(30)27(4)25(32)29(24(20)31)19-9-6-5-7-10-19/h5-14H,1-4H3/b20-14+. The molecule has 3 aromatic rings. The number of hydrogen-bond acceptors (Lipinski definition) is 3. The first kappa shape index (κ1) is 21.6. The van der Waals surface area contributed by atoms with Gasteiger partial charge in [0.25, 0.3) is 11.8 Å². The van der Waals surface area contributed by atoms with E-state index < -0.39 is 17.8 Å². The summed E-state index contributed by atoms with van der Waals surface area (Å²) in [5, 5.41) is 0.659. The zero-order valence-corrected chi connectivity index (χ0v) is 19.0. The summed E-state index contributed by atoms with van der Waals surface area (Å²) < 4.78 is 2.04. The van der Waals surface area contributed by atoms with Crippen molar-refractivity contribution in [3.63, 3.8) is 0 Å². The number of rotatable bonds is 3. The highest BCUT2D eigenvalue weighted by Crippen LogP contribution is 2.30. The normalized spacial score (nSPS) is 15.8. The predicted molar refractivity (Wildman–Crippen MR) is 125 cm³/mol. The van der Waals surface area contributed by atoms with Crippen LogP contribution in [0.3, 0.4) is 0 Å². The van der Waals surface area contributed by atoms with Crippen LogP contribution in [0, 0.1) is 20.8 Å². The van der Waals surface area contributed by atoms with Gasteiger partial charge in [-0.05, 0) is 68.3 Å². The van der Waals surface area contributed by atoms with E-state index in [-0.39, 0.29) is 5.57 Å². The fraction of sp³-hybridized carbons (Fsp3) is 0.160. The summed E-state index contributed by atoms with van der Waals surface area (Å²) in [5.74, 6) is -1.27. The number of para-hydroxylation sites is 1. The summed E-state index contributed by atoms with van der Waals surface area (Å²) in [4.78, 5) is 40.8. The molecule has 4 rings (SSSR count). The lowest BCUT2D eigenvalue weighted by Gasteiger charge is -2.31. The molecule has 0 spiro atoms. The summed E-state index contributed by atoms with van der Waals surface area (Å²) in [6, 6.07) is 15.5. The highest BCUT2D eigenvalue weighted by atomic mass is 35.5. The molecule has 6 nitrogen and oxygen atoms in total. The van der Waals surface area contributed by atoms with Crippen LogP contribution in [0.25, 0.3) is 11.8 Å². The van der Waals surface area contributed by atoms with Crippen molar-refractivity contribution in [1.82, 2.24) is 9.47 Å². The number of imide groups is 2. The molecule has 162 valence electrons. The van der Waals surface area contributed by atoms with Crippen molar-refractivity contribution in [1.29, 1.82) is 0 Å². The Morgan fingerprint density at radius 1 is 0.875 bits per heavy atom. The van der Waals surface area contributed by atoms with Crippen LogP contribution in [-0.4, -0.2) is 34.4 Å². The number of carbonyl (C=O) groups excluding carboxylic acids is 3. The van der Waals surface area contributed by atoms with Gasteiger partial charge in [-0.3, -0.25) is 14.5 Å². The van der Waals surface area contributed by atoms with Gasteiger partial charge in [-0.15, -0.1) is 0 Å². The minimum absolute atomic E-state index is 0.0704. The van der Waals surface area contributed by atoms with Gasteiger partial charge in [-0.2, -0.15) is 0 Å². The fourth-order valence-electron chi connectivity index (χ4n) is 3.94. The van der Waals surface area contributed by atoms with E-state index in [2.05, 4.69) is 0 Å². The molecule has 1 saturated heterocycles. The molecule has 0 saturated carbocycles. The van der Waals surface area contributed by atoms with E-state index in [1.54, 1.807) is 36.4 Å². The molecule has 1 fully saturated rings. The maximum Gasteiger partial charge on any atom is 0.338 e. The molecule has 2 heterocycles. The molecule has 7 heteroatoms. The lowest BCUT2D eigenvalue weighted by atomic mass is 10.1. The molecule has 0 unspecified atom stereocenters. The van der Waals surface area contributed by atoms with Gasteiger partial charge in [0.2, 0.25) is 0 Å². The average molecular weight is 448 g/mol. The summed E-state index contributed by atoms with van der Waals surface area (Å²) in [5.41, 5.74) is 4.70. The Morgan fingerprint density at radius 3 is 2.25 bits per heavy atom. The van der Waals surface area contributed by atoms with Gasteiger partial charge < -0.3 is 4.57 Å². The molecule has 1 aliphatic rings. The van der Waals surface area contributed by atoms with Crippen molar-refractivity contribution in [3.05, 3.63) is 87.7 Å². The number of aromatic nitrogens is 1. The van der Waals surface area contributed by atoms with Gasteiger partial charge in [-0.1, -0.05) is 35.9 Å². The van der Waals surface area contributed by atoms with E-state index in [0.717, 1.165) is 32.4 Å². The maximum atomic E-state index is 13.2. The van der Waals surface area contributed by atoms with Crippen molar-refractivity contribution in [2.24, 2.45) is 0 Å². The van der Waals surface area contributed by atoms with E-state index in [1.165, 1.54) is 7.05 Å². The first-order valence-corrected chi connectivity index (χ1v) is 10.5. The van der Waals surface area contributed by atoms with Crippen LogP contribution in [0.2, 0.25) is 5.02 Å². The SMILES string of the molecule is Cc1c(Cl)cccc1-n1c(C)cc(/C=C2\C(=O)N(C)C(=O)N(c3ccccc3)C2=O)c1C. The van der Waals surface area contributed by atoms with Crippen molar-refractivity contribution >= 4 is 41.2 Å². The highest BCUT2D eigenvalue weighted by Gasteiger charge is 2.41. The number of aryl methyl sites for hydroxylation is 1. The van der Waals surface area contributed by atoms with Crippen LogP contribution in [-0.2, 0) is 9.59 Å². The second-order valence-corrected chi connectivity index (χ2v) is 8.13. The number of carbonyl (C=O) groups is 3. The average Bonchev–Trinajstić information content (AvgIpc) is 3.05. The van der Waals surface area contributed by atoms with Crippen LogP contribution < -0.4 is 4.90 Å².